The molecular weight excluding hydrogens is 348 g/mol. The molecule has 0 bridgehead atoms. The minimum atomic E-state index is -0.0993. The van der Waals surface area contributed by atoms with Crippen molar-refractivity contribution in [3.05, 3.63) is 34.9 Å². The fourth-order valence-electron chi connectivity index (χ4n) is 2.72. The normalized spacial score (nSPS) is 17.6. The van der Waals surface area contributed by atoms with Crippen LogP contribution in [0.5, 0.6) is 0 Å². The number of rotatable bonds is 7. The molecule has 1 aliphatic heterocycles. The van der Waals surface area contributed by atoms with Crippen LogP contribution in [0.1, 0.15) is 24.8 Å². The van der Waals surface area contributed by atoms with Gasteiger partial charge in [0.2, 0.25) is 11.8 Å². The number of nitrogens with zero attached hydrogens (tertiary/aromatic N) is 2. The first kappa shape index (κ1) is 19.1. The predicted molar refractivity (Wildman–Crippen MR) is 97.1 cm³/mol. The Morgan fingerprint density at radius 2 is 2.17 bits per heavy atom. The number of ether oxygens (including phenoxy) is 1. The molecule has 0 saturated carbocycles. The van der Waals surface area contributed by atoms with Crippen LogP contribution >= 0.6 is 23.4 Å². The van der Waals surface area contributed by atoms with Crippen LogP contribution in [0.3, 0.4) is 0 Å². The smallest absolute Gasteiger partial charge is 0.248 e. The summed E-state index contributed by atoms with van der Waals surface area (Å²) in [4.78, 5) is 28.0. The van der Waals surface area contributed by atoms with E-state index < -0.39 is 0 Å². The highest BCUT2D eigenvalue weighted by molar-refractivity contribution is 8.00. The van der Waals surface area contributed by atoms with Crippen molar-refractivity contribution in [1.29, 1.82) is 0 Å². The third-order valence-electron chi connectivity index (χ3n) is 3.93. The second-order valence-electron chi connectivity index (χ2n) is 5.89. The van der Waals surface area contributed by atoms with Gasteiger partial charge in [0.1, 0.15) is 12.0 Å². The van der Waals surface area contributed by atoms with Crippen LogP contribution in [-0.2, 0) is 14.3 Å². The molecule has 1 atom stereocenters. The molecule has 5 nitrogen and oxygen atoms in total. The summed E-state index contributed by atoms with van der Waals surface area (Å²) in [5, 5.41) is 0.559. The van der Waals surface area contributed by atoms with Crippen molar-refractivity contribution >= 4 is 35.2 Å². The number of methoxy groups -OCH3 is 1. The minimum absolute atomic E-state index is 0.0504. The van der Waals surface area contributed by atoms with Gasteiger partial charge in [-0.25, -0.2) is 0 Å². The molecule has 1 saturated heterocycles. The van der Waals surface area contributed by atoms with Crippen molar-refractivity contribution in [2.75, 3.05) is 32.6 Å². The highest BCUT2D eigenvalue weighted by Crippen LogP contribution is 2.41. The van der Waals surface area contributed by atoms with E-state index in [1.165, 1.54) is 7.11 Å². The van der Waals surface area contributed by atoms with E-state index >= 15 is 0 Å². The molecule has 1 fully saturated rings. The Bertz CT molecular complexity index is 597. The summed E-state index contributed by atoms with van der Waals surface area (Å²) < 4.78 is 4.94. The molecular formula is C17H23ClN2O3S. The lowest BCUT2D eigenvalue weighted by Crippen LogP contribution is -2.44. The Labute approximate surface area is 152 Å². The number of hydrogen-bond acceptors (Lipinski definition) is 4. The number of hydrogen-bond donors (Lipinski definition) is 0. The maximum Gasteiger partial charge on any atom is 0.248 e. The maximum absolute atomic E-state index is 12.3. The van der Waals surface area contributed by atoms with Crippen LogP contribution < -0.4 is 0 Å². The van der Waals surface area contributed by atoms with Crippen molar-refractivity contribution in [3.8, 4) is 0 Å². The molecule has 0 radical (unpaired) electrons. The van der Waals surface area contributed by atoms with Crippen LogP contribution in [0.25, 0.3) is 0 Å². The molecule has 0 aromatic heterocycles. The van der Waals surface area contributed by atoms with Gasteiger partial charge >= 0.3 is 0 Å². The largest absolute Gasteiger partial charge is 0.375 e. The minimum Gasteiger partial charge on any atom is -0.375 e. The van der Waals surface area contributed by atoms with Crippen molar-refractivity contribution in [1.82, 2.24) is 9.80 Å². The van der Waals surface area contributed by atoms with Gasteiger partial charge in [-0.3, -0.25) is 9.59 Å². The van der Waals surface area contributed by atoms with Crippen LogP contribution in [-0.4, -0.2) is 60.2 Å². The van der Waals surface area contributed by atoms with E-state index in [2.05, 4.69) is 0 Å². The topological polar surface area (TPSA) is 49.9 Å². The van der Waals surface area contributed by atoms with E-state index in [9.17, 15) is 9.59 Å². The van der Waals surface area contributed by atoms with Gasteiger partial charge < -0.3 is 14.5 Å². The monoisotopic (exact) mass is 370 g/mol. The fraction of sp³-hybridized carbons (Fsp3) is 0.529. The molecule has 24 heavy (non-hydrogen) atoms. The van der Waals surface area contributed by atoms with Gasteiger partial charge in [-0.1, -0.05) is 29.8 Å². The average Bonchev–Trinajstić information content (AvgIpc) is 2.89. The Kier molecular flexibility index (Phi) is 6.95. The predicted octanol–water partition coefficient (Wildman–Crippen LogP) is 2.80. The summed E-state index contributed by atoms with van der Waals surface area (Å²) in [6.07, 6.45) is 0. The van der Waals surface area contributed by atoms with Gasteiger partial charge in [-0.2, -0.15) is 0 Å². The van der Waals surface area contributed by atoms with Crippen molar-refractivity contribution < 1.29 is 14.3 Å². The first-order valence-corrected chi connectivity index (χ1v) is 9.32. The number of carbonyl (C=O) groups excluding carboxylic acids is 2. The molecule has 0 spiro atoms. The lowest BCUT2D eigenvalue weighted by Gasteiger charge is -2.31. The van der Waals surface area contributed by atoms with E-state index in [0.717, 1.165) is 5.56 Å². The first-order chi connectivity index (χ1) is 11.5. The maximum atomic E-state index is 12.3. The molecule has 1 heterocycles. The van der Waals surface area contributed by atoms with Gasteiger partial charge in [-0.15, -0.1) is 11.8 Å². The van der Waals surface area contributed by atoms with E-state index in [1.54, 1.807) is 21.6 Å². The lowest BCUT2D eigenvalue weighted by molar-refractivity contribution is -0.138. The average molecular weight is 371 g/mol. The molecule has 1 aliphatic rings. The Morgan fingerprint density at radius 1 is 1.46 bits per heavy atom. The highest BCUT2D eigenvalue weighted by Gasteiger charge is 2.34. The van der Waals surface area contributed by atoms with Gasteiger partial charge in [0.05, 0.1) is 5.75 Å². The third-order valence-corrected chi connectivity index (χ3v) is 5.51. The van der Waals surface area contributed by atoms with Crippen molar-refractivity contribution in [2.24, 2.45) is 0 Å². The van der Waals surface area contributed by atoms with E-state index in [1.807, 2.05) is 38.1 Å². The molecule has 0 N–H and O–H groups in total. The number of halogens is 1. The number of amides is 2. The van der Waals surface area contributed by atoms with Gasteiger partial charge in [0.15, 0.2) is 0 Å². The zero-order chi connectivity index (χ0) is 17.7. The summed E-state index contributed by atoms with van der Waals surface area (Å²) in [5.41, 5.74) is 0.939. The number of thioether (sulfide) groups is 1. The first-order valence-electron chi connectivity index (χ1n) is 7.89. The molecule has 0 aliphatic carbocycles. The Balaban J connectivity index is 2.09. The summed E-state index contributed by atoms with van der Waals surface area (Å²) in [6, 6.07) is 7.63. The van der Waals surface area contributed by atoms with Gasteiger partial charge in [0, 0.05) is 36.8 Å². The van der Waals surface area contributed by atoms with Gasteiger partial charge in [0.25, 0.3) is 0 Å². The zero-order valence-corrected chi connectivity index (χ0v) is 15.8. The lowest BCUT2D eigenvalue weighted by atomic mass is 10.2. The summed E-state index contributed by atoms with van der Waals surface area (Å²) in [6.45, 7) is 4.93. The molecule has 1 aromatic carbocycles. The van der Waals surface area contributed by atoms with Crippen molar-refractivity contribution in [3.63, 3.8) is 0 Å². The molecule has 7 heteroatoms. The van der Waals surface area contributed by atoms with Crippen LogP contribution in [0.2, 0.25) is 5.02 Å². The number of benzene rings is 1. The van der Waals surface area contributed by atoms with Gasteiger partial charge in [-0.05, 0) is 19.9 Å². The Hall–Kier alpha value is -1.24. The fourth-order valence-corrected chi connectivity index (χ4v) is 4.28. The molecule has 2 amide bonds. The van der Waals surface area contributed by atoms with E-state index in [-0.39, 0.29) is 29.8 Å². The third kappa shape index (κ3) is 4.43. The van der Waals surface area contributed by atoms with Crippen LogP contribution in [0, 0.1) is 0 Å². The van der Waals surface area contributed by atoms with Crippen LogP contribution in [0.15, 0.2) is 24.3 Å². The second-order valence-corrected chi connectivity index (χ2v) is 7.36. The summed E-state index contributed by atoms with van der Waals surface area (Å²) >= 11 is 7.86. The highest BCUT2D eigenvalue weighted by atomic mass is 35.5. The summed E-state index contributed by atoms with van der Waals surface area (Å²) in [7, 11) is 1.50. The SMILES string of the molecule is COCC(=O)N(CCN1C(=O)CS[C@@H]1c1ccccc1Cl)C(C)C. The van der Waals surface area contributed by atoms with E-state index in [0.29, 0.717) is 23.9 Å². The van der Waals surface area contributed by atoms with Crippen LogP contribution in [0.4, 0.5) is 0 Å². The standard InChI is InChI=1S/C17H23ClN2O3S/c1-12(2)19(15(21)10-23-3)8-9-20-16(22)11-24-17(20)13-6-4-5-7-14(13)18/h4-7,12,17H,8-11H2,1-3H3/t17-/m1/s1. The number of carbonyl (C=O) groups is 2. The molecule has 132 valence electrons. The Morgan fingerprint density at radius 3 is 2.79 bits per heavy atom. The molecule has 1 aromatic rings. The molecule has 0 unspecified atom stereocenters. The van der Waals surface area contributed by atoms with E-state index in [4.69, 9.17) is 16.3 Å². The molecule has 2 rings (SSSR count). The quantitative estimate of drug-likeness (QED) is 0.740. The van der Waals surface area contributed by atoms with Crippen molar-refractivity contribution in [2.45, 2.75) is 25.3 Å². The second kappa shape index (κ2) is 8.74. The summed E-state index contributed by atoms with van der Waals surface area (Å²) in [5.74, 6) is 0.442. The zero-order valence-electron chi connectivity index (χ0n) is 14.2.